The molecule has 0 aliphatic carbocycles. The van der Waals surface area contributed by atoms with Gasteiger partial charge in [-0.05, 0) is 31.9 Å². The fourth-order valence-corrected chi connectivity index (χ4v) is 1.70. The number of rotatable bonds is 5. The Balaban J connectivity index is 2.40. The Bertz CT molecular complexity index is 374. The minimum atomic E-state index is -0.118. The molecule has 0 fully saturated rings. The number of nitrogens with one attached hydrogen (secondary N) is 2. The first-order valence-electron chi connectivity index (χ1n) is 6.25. The van der Waals surface area contributed by atoms with Crippen molar-refractivity contribution < 1.29 is 4.79 Å². The molecule has 3 heteroatoms. The number of aryl methyl sites for hydroxylation is 2. The van der Waals surface area contributed by atoms with Crippen LogP contribution in [0, 0.1) is 13.8 Å². The van der Waals surface area contributed by atoms with E-state index in [4.69, 9.17) is 0 Å². The molecule has 1 aromatic carbocycles. The van der Waals surface area contributed by atoms with Crippen molar-refractivity contribution in [2.24, 2.45) is 0 Å². The molecular weight excluding hydrogens is 212 g/mol. The molecule has 0 atom stereocenters. The lowest BCUT2D eigenvalue weighted by Crippen LogP contribution is -2.29. The van der Waals surface area contributed by atoms with Gasteiger partial charge in [0.1, 0.15) is 0 Å². The fraction of sp³-hybridized carbons (Fsp3) is 0.500. The second-order valence-electron chi connectivity index (χ2n) is 4.41. The smallest absolute Gasteiger partial charge is 0.319 e. The molecule has 17 heavy (non-hydrogen) atoms. The minimum Gasteiger partial charge on any atom is -0.338 e. The first kappa shape index (κ1) is 13.6. The largest absolute Gasteiger partial charge is 0.338 e. The van der Waals surface area contributed by atoms with E-state index >= 15 is 0 Å². The fourth-order valence-electron chi connectivity index (χ4n) is 1.70. The van der Waals surface area contributed by atoms with Gasteiger partial charge in [-0.15, -0.1) is 0 Å². The molecule has 2 amide bonds. The van der Waals surface area contributed by atoms with Crippen molar-refractivity contribution in [2.45, 2.75) is 40.0 Å². The van der Waals surface area contributed by atoms with Crippen LogP contribution in [0.1, 0.15) is 37.3 Å². The summed E-state index contributed by atoms with van der Waals surface area (Å²) in [5.41, 5.74) is 3.17. The molecule has 3 nitrogen and oxygen atoms in total. The summed E-state index contributed by atoms with van der Waals surface area (Å²) in [5.74, 6) is 0. The third-order valence-electron chi connectivity index (χ3n) is 2.70. The maximum atomic E-state index is 11.6. The Hall–Kier alpha value is -1.51. The first-order valence-corrected chi connectivity index (χ1v) is 6.25. The number of carbonyl (C=O) groups is 1. The Morgan fingerprint density at radius 2 is 2.00 bits per heavy atom. The van der Waals surface area contributed by atoms with Crippen LogP contribution in [0.5, 0.6) is 0 Å². The van der Waals surface area contributed by atoms with Gasteiger partial charge in [-0.1, -0.05) is 37.5 Å². The lowest BCUT2D eigenvalue weighted by molar-refractivity contribution is 0.252. The van der Waals surface area contributed by atoms with Gasteiger partial charge in [-0.3, -0.25) is 0 Å². The number of hydrogen-bond acceptors (Lipinski definition) is 1. The third-order valence-corrected chi connectivity index (χ3v) is 2.70. The summed E-state index contributed by atoms with van der Waals surface area (Å²) < 4.78 is 0. The quantitative estimate of drug-likeness (QED) is 0.751. The number of amides is 2. The average molecular weight is 234 g/mol. The minimum absolute atomic E-state index is 0.118. The van der Waals surface area contributed by atoms with Gasteiger partial charge in [-0.2, -0.15) is 0 Å². The van der Waals surface area contributed by atoms with E-state index in [9.17, 15) is 4.79 Å². The van der Waals surface area contributed by atoms with Crippen LogP contribution in [0.2, 0.25) is 0 Å². The summed E-state index contributed by atoms with van der Waals surface area (Å²) in [5, 5.41) is 5.72. The molecule has 0 saturated heterocycles. The molecular formula is C14H22N2O. The van der Waals surface area contributed by atoms with Crippen molar-refractivity contribution in [3.8, 4) is 0 Å². The van der Waals surface area contributed by atoms with Gasteiger partial charge in [0.2, 0.25) is 0 Å². The number of carbonyl (C=O) groups excluding carboxylic acids is 1. The Morgan fingerprint density at radius 3 is 2.65 bits per heavy atom. The molecule has 0 aromatic heterocycles. The van der Waals surface area contributed by atoms with E-state index < -0.39 is 0 Å². The Morgan fingerprint density at radius 1 is 1.24 bits per heavy atom. The SMILES string of the molecule is CCCCCNC(=O)Nc1ccc(C)cc1C. The topological polar surface area (TPSA) is 41.1 Å². The van der Waals surface area contributed by atoms with Crippen LogP contribution >= 0.6 is 0 Å². The van der Waals surface area contributed by atoms with Crippen molar-refractivity contribution in [3.05, 3.63) is 29.3 Å². The van der Waals surface area contributed by atoms with Crippen LogP contribution in [-0.4, -0.2) is 12.6 Å². The summed E-state index contributed by atoms with van der Waals surface area (Å²) in [7, 11) is 0. The highest BCUT2D eigenvalue weighted by atomic mass is 16.2. The molecule has 0 saturated carbocycles. The van der Waals surface area contributed by atoms with Crippen LogP contribution in [-0.2, 0) is 0 Å². The van der Waals surface area contributed by atoms with Crippen molar-refractivity contribution in [1.29, 1.82) is 0 Å². The molecule has 0 bridgehead atoms. The van der Waals surface area contributed by atoms with Crippen LogP contribution < -0.4 is 10.6 Å². The Labute approximate surface area is 104 Å². The van der Waals surface area contributed by atoms with Gasteiger partial charge >= 0.3 is 6.03 Å². The van der Waals surface area contributed by atoms with Crippen molar-refractivity contribution in [2.75, 3.05) is 11.9 Å². The van der Waals surface area contributed by atoms with E-state index in [0.29, 0.717) is 0 Å². The monoisotopic (exact) mass is 234 g/mol. The molecule has 0 spiro atoms. The number of unbranched alkanes of at least 4 members (excludes halogenated alkanes) is 2. The first-order chi connectivity index (χ1) is 8.13. The predicted molar refractivity (Wildman–Crippen MR) is 72.5 cm³/mol. The molecule has 0 unspecified atom stereocenters. The highest BCUT2D eigenvalue weighted by Gasteiger charge is 2.03. The van der Waals surface area contributed by atoms with Gasteiger partial charge in [0, 0.05) is 12.2 Å². The van der Waals surface area contributed by atoms with Crippen LogP contribution in [0.4, 0.5) is 10.5 Å². The summed E-state index contributed by atoms with van der Waals surface area (Å²) in [6, 6.07) is 5.89. The molecule has 2 N–H and O–H groups in total. The van der Waals surface area contributed by atoms with Crippen LogP contribution in [0.3, 0.4) is 0 Å². The van der Waals surface area contributed by atoms with Crippen LogP contribution in [0.15, 0.2) is 18.2 Å². The Kier molecular flexibility index (Phi) is 5.53. The van der Waals surface area contributed by atoms with Gasteiger partial charge in [0.25, 0.3) is 0 Å². The van der Waals surface area contributed by atoms with E-state index in [2.05, 4.69) is 23.6 Å². The lowest BCUT2D eigenvalue weighted by Gasteiger charge is -2.10. The van der Waals surface area contributed by atoms with E-state index in [-0.39, 0.29) is 6.03 Å². The summed E-state index contributed by atoms with van der Waals surface area (Å²) in [6.45, 7) is 6.93. The normalized spacial score (nSPS) is 10.1. The maximum Gasteiger partial charge on any atom is 0.319 e. The standard InChI is InChI=1S/C14H22N2O/c1-4-5-6-9-15-14(17)16-13-8-7-11(2)10-12(13)3/h7-8,10H,4-6,9H2,1-3H3,(H2,15,16,17). The number of urea groups is 1. The molecule has 0 radical (unpaired) electrons. The predicted octanol–water partition coefficient (Wildman–Crippen LogP) is 3.62. The molecule has 1 rings (SSSR count). The van der Waals surface area contributed by atoms with Crippen molar-refractivity contribution in [3.63, 3.8) is 0 Å². The van der Waals surface area contributed by atoms with Gasteiger partial charge in [-0.25, -0.2) is 4.79 Å². The van der Waals surface area contributed by atoms with Crippen molar-refractivity contribution >= 4 is 11.7 Å². The van der Waals surface area contributed by atoms with Crippen LogP contribution in [0.25, 0.3) is 0 Å². The van der Waals surface area contributed by atoms with Crippen molar-refractivity contribution in [1.82, 2.24) is 5.32 Å². The molecule has 0 aliphatic heterocycles. The number of hydrogen-bond donors (Lipinski definition) is 2. The second kappa shape index (κ2) is 6.94. The van der Waals surface area contributed by atoms with Gasteiger partial charge in [0.15, 0.2) is 0 Å². The second-order valence-corrected chi connectivity index (χ2v) is 4.41. The number of benzene rings is 1. The summed E-state index contributed by atoms with van der Waals surface area (Å²) in [6.07, 6.45) is 3.36. The average Bonchev–Trinajstić information content (AvgIpc) is 2.28. The van der Waals surface area contributed by atoms with Gasteiger partial charge in [0.05, 0.1) is 0 Å². The molecule has 1 aromatic rings. The van der Waals surface area contributed by atoms with E-state index in [1.807, 2.05) is 26.0 Å². The zero-order valence-electron chi connectivity index (χ0n) is 11.0. The zero-order chi connectivity index (χ0) is 12.7. The zero-order valence-corrected chi connectivity index (χ0v) is 11.0. The summed E-state index contributed by atoms with van der Waals surface area (Å²) >= 11 is 0. The lowest BCUT2D eigenvalue weighted by atomic mass is 10.1. The van der Waals surface area contributed by atoms with E-state index in [1.54, 1.807) is 0 Å². The molecule has 0 heterocycles. The number of anilines is 1. The van der Waals surface area contributed by atoms with Gasteiger partial charge < -0.3 is 10.6 Å². The maximum absolute atomic E-state index is 11.6. The summed E-state index contributed by atoms with van der Waals surface area (Å²) in [4.78, 5) is 11.6. The van der Waals surface area contributed by atoms with E-state index in [1.165, 1.54) is 12.0 Å². The highest BCUT2D eigenvalue weighted by Crippen LogP contribution is 2.15. The molecule has 0 aliphatic rings. The third kappa shape index (κ3) is 4.89. The molecule has 94 valence electrons. The van der Waals surface area contributed by atoms with E-state index in [0.717, 1.165) is 30.6 Å². The highest BCUT2D eigenvalue weighted by molar-refractivity contribution is 5.90.